The number of nitrogens with two attached hydrogens (primary N) is 1. The Labute approximate surface area is 110 Å². The number of hydrogen-bond acceptors (Lipinski definition) is 5. The maximum atomic E-state index is 10.9. The molecular formula is C13H14N4O2. The molecule has 0 spiro atoms. The molecule has 0 aliphatic rings. The molecule has 2 rings (SSSR count). The first-order chi connectivity index (χ1) is 9.22. The van der Waals surface area contributed by atoms with Crippen molar-refractivity contribution in [2.75, 3.05) is 5.32 Å². The molecule has 6 nitrogen and oxygen atoms in total. The largest absolute Gasteiger partial charge is 0.360 e. The fourth-order valence-corrected chi connectivity index (χ4v) is 1.79. The van der Waals surface area contributed by atoms with Gasteiger partial charge in [0.1, 0.15) is 0 Å². The predicted octanol–water partition coefficient (Wildman–Crippen LogP) is 2.06. The highest BCUT2D eigenvalue weighted by Crippen LogP contribution is 2.21. The quantitative estimate of drug-likeness (QED) is 0.632. The van der Waals surface area contributed by atoms with Crippen LogP contribution in [0.25, 0.3) is 0 Å². The van der Waals surface area contributed by atoms with Crippen LogP contribution in [0.3, 0.4) is 0 Å². The van der Waals surface area contributed by atoms with E-state index in [4.69, 9.17) is 5.73 Å². The van der Waals surface area contributed by atoms with Crippen LogP contribution < -0.4 is 11.1 Å². The van der Waals surface area contributed by atoms with Crippen LogP contribution in [0.2, 0.25) is 0 Å². The Morgan fingerprint density at radius 1 is 1.21 bits per heavy atom. The number of nitro groups is 1. The normalized spacial score (nSPS) is 10.2. The molecule has 0 unspecified atom stereocenters. The van der Waals surface area contributed by atoms with E-state index in [1.165, 1.54) is 18.3 Å². The Hall–Kier alpha value is -2.47. The number of nitrogens with one attached hydrogen (secondary N) is 1. The summed E-state index contributed by atoms with van der Waals surface area (Å²) in [5.74, 6) is 0.263. The molecule has 1 heterocycles. The predicted molar refractivity (Wildman–Crippen MR) is 72.6 cm³/mol. The number of benzene rings is 1. The second-order valence-corrected chi connectivity index (χ2v) is 3.95. The Morgan fingerprint density at radius 3 is 2.63 bits per heavy atom. The number of rotatable bonds is 5. The summed E-state index contributed by atoms with van der Waals surface area (Å²) in [5.41, 5.74) is 7.62. The summed E-state index contributed by atoms with van der Waals surface area (Å²) >= 11 is 0. The minimum absolute atomic E-state index is 0.0345. The summed E-state index contributed by atoms with van der Waals surface area (Å²) in [7, 11) is 0. The maximum absolute atomic E-state index is 10.9. The van der Waals surface area contributed by atoms with Gasteiger partial charge < -0.3 is 11.1 Å². The highest BCUT2D eigenvalue weighted by Gasteiger charge is 2.13. The van der Waals surface area contributed by atoms with Crippen molar-refractivity contribution >= 4 is 11.5 Å². The number of anilines is 1. The van der Waals surface area contributed by atoms with Gasteiger partial charge >= 0.3 is 5.69 Å². The highest BCUT2D eigenvalue weighted by molar-refractivity contribution is 5.55. The Bertz CT molecular complexity index is 586. The van der Waals surface area contributed by atoms with E-state index in [1.807, 2.05) is 24.3 Å². The van der Waals surface area contributed by atoms with Crippen molar-refractivity contribution in [3.8, 4) is 0 Å². The Kier molecular flexibility index (Phi) is 4.04. The standard InChI is InChI=1S/C13H14N4O2/c14-8-10-4-1-2-5-11(10)9-16-13-12(17(18)19)6-3-7-15-13/h1-7H,8-9,14H2,(H,15,16). The molecule has 0 aliphatic heterocycles. The van der Waals surface area contributed by atoms with E-state index in [2.05, 4.69) is 10.3 Å². The third kappa shape index (κ3) is 3.05. The first-order valence-electron chi connectivity index (χ1n) is 5.82. The van der Waals surface area contributed by atoms with Gasteiger partial charge in [0.05, 0.1) is 4.92 Å². The fraction of sp³-hybridized carbons (Fsp3) is 0.154. The second-order valence-electron chi connectivity index (χ2n) is 3.95. The lowest BCUT2D eigenvalue weighted by Crippen LogP contribution is -2.08. The van der Waals surface area contributed by atoms with Crippen LogP contribution >= 0.6 is 0 Å². The Morgan fingerprint density at radius 2 is 1.95 bits per heavy atom. The van der Waals surface area contributed by atoms with Crippen LogP contribution in [-0.4, -0.2) is 9.91 Å². The van der Waals surface area contributed by atoms with E-state index >= 15 is 0 Å². The summed E-state index contributed by atoms with van der Waals surface area (Å²) in [6.07, 6.45) is 1.52. The van der Waals surface area contributed by atoms with Gasteiger partial charge in [0.15, 0.2) is 0 Å². The van der Waals surface area contributed by atoms with Crippen molar-refractivity contribution < 1.29 is 4.92 Å². The number of pyridine rings is 1. The van der Waals surface area contributed by atoms with E-state index in [9.17, 15) is 10.1 Å². The molecule has 2 aromatic rings. The van der Waals surface area contributed by atoms with E-state index in [0.29, 0.717) is 13.1 Å². The first-order valence-corrected chi connectivity index (χ1v) is 5.82. The summed E-state index contributed by atoms with van der Waals surface area (Å²) in [6, 6.07) is 10.6. The Balaban J connectivity index is 2.17. The lowest BCUT2D eigenvalue weighted by atomic mass is 10.1. The van der Waals surface area contributed by atoms with Gasteiger partial charge in [-0.2, -0.15) is 0 Å². The zero-order valence-electron chi connectivity index (χ0n) is 10.2. The van der Waals surface area contributed by atoms with Crippen molar-refractivity contribution in [1.29, 1.82) is 0 Å². The van der Waals surface area contributed by atoms with Gasteiger partial charge in [-0.3, -0.25) is 10.1 Å². The van der Waals surface area contributed by atoms with E-state index in [-0.39, 0.29) is 11.5 Å². The molecule has 0 aliphatic carbocycles. The van der Waals surface area contributed by atoms with Gasteiger partial charge in [0, 0.05) is 25.4 Å². The molecule has 0 fully saturated rings. The second kappa shape index (κ2) is 5.92. The molecule has 3 N–H and O–H groups in total. The molecule has 0 amide bonds. The average Bonchev–Trinajstić information content (AvgIpc) is 2.45. The molecule has 0 atom stereocenters. The summed E-state index contributed by atoms with van der Waals surface area (Å²) < 4.78 is 0. The summed E-state index contributed by atoms with van der Waals surface area (Å²) in [4.78, 5) is 14.4. The zero-order valence-corrected chi connectivity index (χ0v) is 10.2. The summed E-state index contributed by atoms with van der Waals surface area (Å²) in [6.45, 7) is 0.882. The topological polar surface area (TPSA) is 94.1 Å². The molecule has 1 aromatic carbocycles. The van der Waals surface area contributed by atoms with Crippen LogP contribution in [0, 0.1) is 10.1 Å². The highest BCUT2D eigenvalue weighted by atomic mass is 16.6. The number of nitrogens with zero attached hydrogens (tertiary/aromatic N) is 2. The molecular weight excluding hydrogens is 244 g/mol. The molecule has 19 heavy (non-hydrogen) atoms. The lowest BCUT2D eigenvalue weighted by Gasteiger charge is -2.09. The molecule has 1 aromatic heterocycles. The first kappa shape index (κ1) is 13.0. The van der Waals surface area contributed by atoms with Crippen molar-refractivity contribution in [3.63, 3.8) is 0 Å². The van der Waals surface area contributed by atoms with E-state index in [1.54, 1.807) is 0 Å². The van der Waals surface area contributed by atoms with E-state index in [0.717, 1.165) is 11.1 Å². The molecule has 98 valence electrons. The van der Waals surface area contributed by atoms with Crippen LogP contribution in [0.4, 0.5) is 11.5 Å². The van der Waals surface area contributed by atoms with Crippen molar-refractivity contribution in [3.05, 3.63) is 63.8 Å². The number of aromatic nitrogens is 1. The fourth-order valence-electron chi connectivity index (χ4n) is 1.79. The molecule has 0 saturated heterocycles. The van der Waals surface area contributed by atoms with Crippen molar-refractivity contribution in [2.45, 2.75) is 13.1 Å². The van der Waals surface area contributed by atoms with Gasteiger partial charge in [0.2, 0.25) is 5.82 Å². The van der Waals surface area contributed by atoms with Gasteiger partial charge in [-0.05, 0) is 17.2 Å². The van der Waals surface area contributed by atoms with Crippen molar-refractivity contribution in [1.82, 2.24) is 4.98 Å². The minimum atomic E-state index is -0.454. The van der Waals surface area contributed by atoms with Crippen molar-refractivity contribution in [2.24, 2.45) is 5.73 Å². The van der Waals surface area contributed by atoms with Gasteiger partial charge in [0.25, 0.3) is 0 Å². The number of hydrogen-bond donors (Lipinski definition) is 2. The van der Waals surface area contributed by atoms with Gasteiger partial charge in [-0.15, -0.1) is 0 Å². The SMILES string of the molecule is NCc1ccccc1CNc1ncccc1[N+](=O)[O-]. The average molecular weight is 258 g/mol. The minimum Gasteiger partial charge on any atom is -0.360 e. The lowest BCUT2D eigenvalue weighted by molar-refractivity contribution is -0.384. The van der Waals surface area contributed by atoms with Crippen LogP contribution in [0.5, 0.6) is 0 Å². The van der Waals surface area contributed by atoms with Crippen LogP contribution in [-0.2, 0) is 13.1 Å². The monoisotopic (exact) mass is 258 g/mol. The zero-order chi connectivity index (χ0) is 13.7. The summed E-state index contributed by atoms with van der Waals surface area (Å²) in [5, 5.41) is 13.8. The van der Waals surface area contributed by atoms with E-state index < -0.39 is 4.92 Å². The van der Waals surface area contributed by atoms with Gasteiger partial charge in [-0.1, -0.05) is 24.3 Å². The van der Waals surface area contributed by atoms with Crippen LogP contribution in [0.1, 0.15) is 11.1 Å². The molecule has 0 bridgehead atoms. The van der Waals surface area contributed by atoms with Crippen LogP contribution in [0.15, 0.2) is 42.6 Å². The third-order valence-corrected chi connectivity index (χ3v) is 2.77. The smallest absolute Gasteiger partial charge is 0.311 e. The van der Waals surface area contributed by atoms with Gasteiger partial charge in [-0.25, -0.2) is 4.98 Å². The third-order valence-electron chi connectivity index (χ3n) is 2.77. The molecule has 6 heteroatoms. The maximum Gasteiger partial charge on any atom is 0.311 e. The molecule has 0 saturated carbocycles. The molecule has 0 radical (unpaired) electrons.